The van der Waals surface area contributed by atoms with Crippen molar-refractivity contribution in [2.75, 3.05) is 11.9 Å². The van der Waals surface area contributed by atoms with Crippen molar-refractivity contribution >= 4 is 23.2 Å². The summed E-state index contributed by atoms with van der Waals surface area (Å²) in [6.45, 7) is 2.18. The van der Waals surface area contributed by atoms with Gasteiger partial charge in [-0.15, -0.1) is 0 Å². The molecule has 1 aromatic heterocycles. The highest BCUT2D eigenvalue weighted by Gasteiger charge is 2.31. The fraction of sp³-hybridized carbons (Fsp3) is 0.273. The summed E-state index contributed by atoms with van der Waals surface area (Å²) in [7, 11) is 1.68. The molecular formula is C22H22ClF3N4O2. The number of rotatable bonds is 7. The molecule has 10 heteroatoms. The number of ether oxygens (including phenoxy) is 1. The molecule has 0 aliphatic carbocycles. The maximum Gasteiger partial charge on any atom is 0.416 e. The highest BCUT2D eigenvalue weighted by molar-refractivity contribution is 6.33. The summed E-state index contributed by atoms with van der Waals surface area (Å²) >= 11 is 6.34. The zero-order valence-electron chi connectivity index (χ0n) is 17.4. The lowest BCUT2D eigenvalue weighted by atomic mass is 10.1. The van der Waals surface area contributed by atoms with E-state index in [9.17, 15) is 18.0 Å². The molecule has 3 rings (SSSR count). The van der Waals surface area contributed by atoms with Gasteiger partial charge in [-0.3, -0.25) is 9.48 Å². The summed E-state index contributed by atoms with van der Waals surface area (Å²) in [6, 6.07) is 9.12. The summed E-state index contributed by atoms with van der Waals surface area (Å²) in [5.41, 5.74) is 6.01. The van der Waals surface area contributed by atoms with Gasteiger partial charge in [0, 0.05) is 18.7 Å². The van der Waals surface area contributed by atoms with Gasteiger partial charge in [0.2, 0.25) is 0 Å². The second-order valence-corrected chi connectivity index (χ2v) is 7.70. The average Bonchev–Trinajstić information content (AvgIpc) is 3.05. The number of aryl methyl sites for hydroxylation is 1. The van der Waals surface area contributed by atoms with Gasteiger partial charge in [-0.25, -0.2) is 0 Å². The van der Waals surface area contributed by atoms with Crippen LogP contribution in [-0.4, -0.2) is 28.3 Å². The molecule has 0 aliphatic rings. The molecule has 1 unspecified atom stereocenters. The first-order valence-corrected chi connectivity index (χ1v) is 10.1. The highest BCUT2D eigenvalue weighted by Crippen LogP contribution is 2.40. The number of carbonyl (C=O) groups excluding carboxylic acids is 1. The minimum atomic E-state index is -4.56. The van der Waals surface area contributed by atoms with E-state index in [0.717, 1.165) is 12.1 Å². The Morgan fingerprint density at radius 1 is 1.28 bits per heavy atom. The number of carbonyl (C=O) groups is 1. The molecule has 1 heterocycles. The molecule has 0 saturated carbocycles. The quantitative estimate of drug-likeness (QED) is 0.506. The van der Waals surface area contributed by atoms with Crippen LogP contribution in [0.3, 0.4) is 0 Å². The van der Waals surface area contributed by atoms with Crippen molar-refractivity contribution in [2.45, 2.75) is 25.6 Å². The smallest absolute Gasteiger partial charge is 0.416 e. The fourth-order valence-corrected chi connectivity index (χ4v) is 3.34. The Morgan fingerprint density at radius 2 is 2.00 bits per heavy atom. The van der Waals surface area contributed by atoms with Gasteiger partial charge in [0.15, 0.2) is 0 Å². The molecule has 2 aromatic carbocycles. The molecule has 0 fully saturated rings. The molecule has 0 bridgehead atoms. The van der Waals surface area contributed by atoms with Gasteiger partial charge in [0.25, 0.3) is 5.91 Å². The molecule has 170 valence electrons. The number of halogens is 4. The molecule has 32 heavy (non-hydrogen) atoms. The number of benzene rings is 2. The Labute approximate surface area is 188 Å². The molecule has 6 nitrogen and oxygen atoms in total. The molecule has 0 aliphatic heterocycles. The second-order valence-electron chi connectivity index (χ2n) is 7.29. The maximum absolute atomic E-state index is 13.0. The summed E-state index contributed by atoms with van der Waals surface area (Å²) in [5.74, 6) is -0.277. The van der Waals surface area contributed by atoms with Crippen LogP contribution in [0.1, 0.15) is 29.3 Å². The van der Waals surface area contributed by atoms with E-state index in [4.69, 9.17) is 22.1 Å². The molecular weight excluding hydrogens is 445 g/mol. The fourth-order valence-electron chi connectivity index (χ4n) is 3.08. The van der Waals surface area contributed by atoms with E-state index >= 15 is 0 Å². The van der Waals surface area contributed by atoms with Crippen LogP contribution < -0.4 is 15.8 Å². The topological polar surface area (TPSA) is 82.2 Å². The largest absolute Gasteiger partial charge is 0.493 e. The number of nitrogens with one attached hydrogen (secondary N) is 1. The first-order chi connectivity index (χ1) is 15.1. The number of nitrogens with zero attached hydrogens (tertiary/aromatic N) is 2. The first-order valence-electron chi connectivity index (χ1n) is 9.75. The van der Waals surface area contributed by atoms with Crippen LogP contribution in [0.2, 0.25) is 5.02 Å². The third kappa shape index (κ3) is 5.41. The van der Waals surface area contributed by atoms with Crippen molar-refractivity contribution in [1.82, 2.24) is 9.78 Å². The molecule has 0 spiro atoms. The van der Waals surface area contributed by atoms with Crippen molar-refractivity contribution < 1.29 is 22.7 Å². The number of nitrogens with two attached hydrogens (primary N) is 1. The van der Waals surface area contributed by atoms with E-state index in [-0.39, 0.29) is 11.6 Å². The number of alkyl halides is 3. The molecule has 1 atom stereocenters. The molecule has 1 amide bonds. The van der Waals surface area contributed by atoms with Gasteiger partial charge < -0.3 is 15.8 Å². The molecule has 0 saturated heterocycles. The van der Waals surface area contributed by atoms with Crippen molar-refractivity contribution in [3.05, 3.63) is 64.8 Å². The molecule has 3 N–H and O–H groups in total. The van der Waals surface area contributed by atoms with E-state index in [1.807, 2.05) is 6.92 Å². The lowest BCUT2D eigenvalue weighted by molar-refractivity contribution is -0.137. The monoisotopic (exact) mass is 466 g/mol. The average molecular weight is 467 g/mol. The summed E-state index contributed by atoms with van der Waals surface area (Å²) in [4.78, 5) is 12.8. The van der Waals surface area contributed by atoms with Crippen LogP contribution in [0.5, 0.6) is 5.75 Å². The van der Waals surface area contributed by atoms with E-state index in [1.165, 1.54) is 23.0 Å². The summed E-state index contributed by atoms with van der Waals surface area (Å²) in [6.07, 6.45) is -2.51. The van der Waals surface area contributed by atoms with Gasteiger partial charge in [0.1, 0.15) is 5.75 Å². The number of aromatic nitrogens is 2. The Kier molecular flexibility index (Phi) is 7.10. The van der Waals surface area contributed by atoms with Gasteiger partial charge in [0.05, 0.1) is 40.3 Å². The van der Waals surface area contributed by atoms with Crippen LogP contribution in [0.4, 0.5) is 18.9 Å². The van der Waals surface area contributed by atoms with Crippen molar-refractivity contribution in [2.24, 2.45) is 12.8 Å². The zero-order chi connectivity index (χ0) is 23.5. The van der Waals surface area contributed by atoms with Crippen molar-refractivity contribution in [1.29, 1.82) is 0 Å². The lowest BCUT2D eigenvalue weighted by Crippen LogP contribution is -2.18. The Morgan fingerprint density at radius 3 is 2.62 bits per heavy atom. The highest BCUT2D eigenvalue weighted by atomic mass is 35.5. The van der Waals surface area contributed by atoms with Crippen LogP contribution in [-0.2, 0) is 13.2 Å². The van der Waals surface area contributed by atoms with Crippen LogP contribution in [0.15, 0.2) is 48.7 Å². The number of anilines is 1. The predicted octanol–water partition coefficient (Wildman–Crippen LogP) is 5.13. The molecule has 3 aromatic rings. The minimum absolute atomic E-state index is 0.0671. The Bertz CT molecular complexity index is 1090. The first kappa shape index (κ1) is 23.6. The normalized spacial score (nSPS) is 12.5. The van der Waals surface area contributed by atoms with Crippen LogP contribution in [0, 0.1) is 0 Å². The third-order valence-corrected chi connectivity index (χ3v) is 4.96. The Hall–Kier alpha value is -3.04. The van der Waals surface area contributed by atoms with Gasteiger partial charge in [-0.05, 0) is 43.7 Å². The van der Waals surface area contributed by atoms with Crippen molar-refractivity contribution in [3.8, 4) is 17.0 Å². The Balaban J connectivity index is 2.00. The molecule has 0 radical (unpaired) electrons. The van der Waals surface area contributed by atoms with E-state index in [1.54, 1.807) is 25.2 Å². The number of hydrogen-bond donors (Lipinski definition) is 2. The van der Waals surface area contributed by atoms with E-state index < -0.39 is 17.6 Å². The van der Waals surface area contributed by atoms with Gasteiger partial charge >= 0.3 is 6.18 Å². The number of amides is 1. The van der Waals surface area contributed by atoms with E-state index in [0.29, 0.717) is 40.7 Å². The standard InChI is InChI=1S/C22H22ClF3N4O2/c1-13(27)9-10-32-18-8-4-7-17(19(18)20-16(23)12-28-30(20)2)29-21(31)14-5-3-6-15(11-14)22(24,25)26/h3-8,11-13H,9-10,27H2,1-2H3,(H,29,31). The van der Waals surface area contributed by atoms with Crippen molar-refractivity contribution in [3.63, 3.8) is 0 Å². The second kappa shape index (κ2) is 9.62. The third-order valence-electron chi connectivity index (χ3n) is 4.69. The van der Waals surface area contributed by atoms with Crippen LogP contribution >= 0.6 is 11.6 Å². The summed E-state index contributed by atoms with van der Waals surface area (Å²) < 4.78 is 46.5. The summed E-state index contributed by atoms with van der Waals surface area (Å²) in [5, 5.41) is 7.13. The number of hydrogen-bond acceptors (Lipinski definition) is 4. The SMILES string of the molecule is CC(N)CCOc1cccc(NC(=O)c2cccc(C(F)(F)F)c2)c1-c1c(Cl)cnn1C. The maximum atomic E-state index is 13.0. The van der Waals surface area contributed by atoms with E-state index in [2.05, 4.69) is 10.4 Å². The predicted molar refractivity (Wildman–Crippen MR) is 117 cm³/mol. The minimum Gasteiger partial charge on any atom is -0.493 e. The van der Waals surface area contributed by atoms with Gasteiger partial charge in [-0.1, -0.05) is 23.7 Å². The van der Waals surface area contributed by atoms with Crippen LogP contribution in [0.25, 0.3) is 11.3 Å². The van der Waals surface area contributed by atoms with Gasteiger partial charge in [-0.2, -0.15) is 18.3 Å². The zero-order valence-corrected chi connectivity index (χ0v) is 18.2. The lowest BCUT2D eigenvalue weighted by Gasteiger charge is -2.18.